The van der Waals surface area contributed by atoms with Crippen LogP contribution in [0.1, 0.15) is 20.8 Å². The van der Waals surface area contributed by atoms with E-state index in [1.165, 1.54) is 7.11 Å². The summed E-state index contributed by atoms with van der Waals surface area (Å²) >= 11 is 1.57. The zero-order chi connectivity index (χ0) is 13.8. The molecule has 1 heterocycles. The van der Waals surface area contributed by atoms with Crippen LogP contribution in [0.15, 0.2) is 0 Å². The predicted molar refractivity (Wildman–Crippen MR) is 70.9 cm³/mol. The highest BCUT2D eigenvalue weighted by Crippen LogP contribution is 2.21. The largest absolute Gasteiger partial charge is 0.444 e. The fourth-order valence-electron chi connectivity index (χ4n) is 1.57. The molecular formula is C12H21NO4S. The summed E-state index contributed by atoms with van der Waals surface area (Å²) in [4.78, 5) is 25.2. The van der Waals surface area contributed by atoms with E-state index in [0.29, 0.717) is 13.1 Å². The second-order valence-corrected chi connectivity index (χ2v) is 6.50. The molecule has 0 aromatic heterocycles. The van der Waals surface area contributed by atoms with Crippen molar-refractivity contribution >= 4 is 23.6 Å². The van der Waals surface area contributed by atoms with Crippen molar-refractivity contribution in [2.24, 2.45) is 0 Å². The van der Waals surface area contributed by atoms with Gasteiger partial charge in [-0.2, -0.15) is 0 Å². The summed E-state index contributed by atoms with van der Waals surface area (Å²) in [6, 6.07) is 0. The molecule has 0 spiro atoms. The van der Waals surface area contributed by atoms with Crippen LogP contribution in [0.3, 0.4) is 0 Å². The van der Waals surface area contributed by atoms with Gasteiger partial charge in [-0.15, -0.1) is 11.8 Å². The van der Waals surface area contributed by atoms with Crippen LogP contribution in [0.25, 0.3) is 0 Å². The second kappa shape index (κ2) is 6.43. The highest BCUT2D eigenvalue weighted by atomic mass is 32.2. The van der Waals surface area contributed by atoms with E-state index >= 15 is 0 Å². The van der Waals surface area contributed by atoms with Gasteiger partial charge in [-0.25, -0.2) is 4.79 Å². The zero-order valence-corrected chi connectivity index (χ0v) is 12.2. The van der Waals surface area contributed by atoms with Crippen molar-refractivity contribution in [2.45, 2.75) is 31.6 Å². The van der Waals surface area contributed by atoms with Gasteiger partial charge in [0.25, 0.3) is 0 Å². The summed E-state index contributed by atoms with van der Waals surface area (Å²) in [5.74, 6) is 0.773. The van der Waals surface area contributed by atoms with Crippen LogP contribution >= 0.6 is 11.8 Å². The maximum Gasteiger partial charge on any atom is 0.410 e. The molecule has 6 heteroatoms. The lowest BCUT2D eigenvalue weighted by molar-refractivity contribution is -0.122. The lowest BCUT2D eigenvalue weighted by Crippen LogP contribution is -2.47. The van der Waals surface area contributed by atoms with Gasteiger partial charge in [-0.05, 0) is 20.8 Å². The Morgan fingerprint density at radius 1 is 1.39 bits per heavy atom. The second-order valence-electron chi connectivity index (χ2n) is 5.19. The summed E-state index contributed by atoms with van der Waals surface area (Å²) in [6.45, 7) is 6.61. The first-order valence-electron chi connectivity index (χ1n) is 5.94. The summed E-state index contributed by atoms with van der Waals surface area (Å²) in [5, 5.41) is -0.203. The van der Waals surface area contributed by atoms with E-state index in [1.54, 1.807) is 16.7 Å². The highest BCUT2D eigenvalue weighted by Gasteiger charge is 2.31. The number of Topliss-reactive ketones (excluding diaryl/α,β-unsaturated/α-hetero) is 1. The van der Waals surface area contributed by atoms with Crippen molar-refractivity contribution in [2.75, 3.05) is 32.6 Å². The Bertz CT molecular complexity index is 314. The van der Waals surface area contributed by atoms with Crippen molar-refractivity contribution in [1.82, 2.24) is 4.90 Å². The summed E-state index contributed by atoms with van der Waals surface area (Å²) in [7, 11) is 1.50. The van der Waals surface area contributed by atoms with Gasteiger partial charge in [0.1, 0.15) is 12.2 Å². The van der Waals surface area contributed by atoms with Crippen molar-refractivity contribution in [3.63, 3.8) is 0 Å². The number of hydrogen-bond donors (Lipinski definition) is 0. The molecule has 0 aromatic carbocycles. The standard InChI is InChI=1S/C12H21NO4S/c1-12(2,3)17-11(15)13-5-6-18-10(7-13)9(14)8-16-4/h10H,5-8H2,1-4H3. The van der Waals surface area contributed by atoms with E-state index in [1.807, 2.05) is 20.8 Å². The fourth-order valence-corrected chi connectivity index (χ4v) is 2.72. The first kappa shape index (κ1) is 15.3. The number of carbonyl (C=O) groups excluding carboxylic acids is 2. The number of ether oxygens (including phenoxy) is 2. The first-order chi connectivity index (χ1) is 8.33. The molecule has 1 rings (SSSR count). The molecule has 0 N–H and O–H groups in total. The van der Waals surface area contributed by atoms with Crippen LogP contribution in [-0.2, 0) is 14.3 Å². The normalized spacial score (nSPS) is 20.7. The number of methoxy groups -OCH3 is 1. The number of carbonyl (C=O) groups is 2. The molecule has 0 radical (unpaired) electrons. The van der Waals surface area contributed by atoms with E-state index in [-0.39, 0.29) is 23.7 Å². The third kappa shape index (κ3) is 4.86. The average Bonchev–Trinajstić information content (AvgIpc) is 2.27. The third-order valence-corrected chi connectivity index (χ3v) is 3.60. The molecule has 0 bridgehead atoms. The smallest absolute Gasteiger partial charge is 0.410 e. The van der Waals surface area contributed by atoms with E-state index in [2.05, 4.69) is 0 Å². The Morgan fingerprint density at radius 2 is 2.06 bits per heavy atom. The van der Waals surface area contributed by atoms with E-state index in [0.717, 1.165) is 5.75 Å². The molecular weight excluding hydrogens is 254 g/mol. The Balaban J connectivity index is 2.53. The monoisotopic (exact) mass is 275 g/mol. The minimum Gasteiger partial charge on any atom is -0.444 e. The van der Waals surface area contributed by atoms with Gasteiger partial charge < -0.3 is 14.4 Å². The molecule has 5 nitrogen and oxygen atoms in total. The van der Waals surface area contributed by atoms with Gasteiger partial charge in [-0.3, -0.25) is 4.79 Å². The minimum atomic E-state index is -0.506. The van der Waals surface area contributed by atoms with Crippen molar-refractivity contribution < 1.29 is 19.1 Å². The molecule has 0 saturated carbocycles. The van der Waals surface area contributed by atoms with Gasteiger partial charge in [0.05, 0.1) is 5.25 Å². The molecule has 1 unspecified atom stereocenters. The van der Waals surface area contributed by atoms with Gasteiger partial charge in [0.2, 0.25) is 0 Å². The molecule has 18 heavy (non-hydrogen) atoms. The van der Waals surface area contributed by atoms with Gasteiger partial charge >= 0.3 is 6.09 Å². The lowest BCUT2D eigenvalue weighted by Gasteiger charge is -2.33. The van der Waals surface area contributed by atoms with E-state index in [9.17, 15) is 9.59 Å². The highest BCUT2D eigenvalue weighted by molar-refractivity contribution is 8.00. The molecule has 1 aliphatic rings. The quantitative estimate of drug-likeness (QED) is 0.782. The Labute approximate surface area is 112 Å². The fraction of sp³-hybridized carbons (Fsp3) is 0.833. The van der Waals surface area contributed by atoms with Crippen LogP contribution < -0.4 is 0 Å². The maximum absolute atomic E-state index is 11.9. The van der Waals surface area contributed by atoms with Crippen LogP contribution in [0.2, 0.25) is 0 Å². The Morgan fingerprint density at radius 3 is 2.61 bits per heavy atom. The molecule has 1 fully saturated rings. The van der Waals surface area contributed by atoms with Gasteiger partial charge in [0.15, 0.2) is 5.78 Å². The van der Waals surface area contributed by atoms with Crippen molar-refractivity contribution in [3.05, 3.63) is 0 Å². The molecule has 0 aromatic rings. The Hall–Kier alpha value is -0.750. The average molecular weight is 275 g/mol. The summed E-state index contributed by atoms with van der Waals surface area (Å²) in [6.07, 6.45) is -0.349. The minimum absolute atomic E-state index is 0.0239. The summed E-state index contributed by atoms with van der Waals surface area (Å²) < 4.78 is 10.1. The number of amides is 1. The van der Waals surface area contributed by atoms with Crippen molar-refractivity contribution in [3.8, 4) is 0 Å². The molecule has 104 valence electrons. The Kier molecular flexibility index (Phi) is 5.47. The number of rotatable bonds is 3. The molecule has 1 atom stereocenters. The topological polar surface area (TPSA) is 55.8 Å². The molecule has 1 amide bonds. The number of hydrogen-bond acceptors (Lipinski definition) is 5. The maximum atomic E-state index is 11.9. The summed E-state index contributed by atoms with van der Waals surface area (Å²) in [5.41, 5.74) is -0.506. The zero-order valence-electron chi connectivity index (χ0n) is 11.4. The van der Waals surface area contributed by atoms with Gasteiger partial charge in [-0.1, -0.05) is 0 Å². The predicted octanol–water partition coefficient (Wildman–Crippen LogP) is 1.55. The number of ketones is 1. The van der Waals surface area contributed by atoms with Crippen LogP contribution in [0.5, 0.6) is 0 Å². The molecule has 1 aliphatic heterocycles. The van der Waals surface area contributed by atoms with E-state index in [4.69, 9.17) is 9.47 Å². The van der Waals surface area contributed by atoms with Gasteiger partial charge in [0, 0.05) is 26.0 Å². The van der Waals surface area contributed by atoms with Crippen molar-refractivity contribution in [1.29, 1.82) is 0 Å². The SMILES string of the molecule is COCC(=O)C1CN(C(=O)OC(C)(C)C)CCS1. The molecule has 1 saturated heterocycles. The van der Waals surface area contributed by atoms with E-state index < -0.39 is 5.60 Å². The third-order valence-electron chi connectivity index (χ3n) is 2.36. The van der Waals surface area contributed by atoms with Crippen LogP contribution in [0, 0.1) is 0 Å². The number of nitrogens with zero attached hydrogens (tertiary/aromatic N) is 1. The van der Waals surface area contributed by atoms with Crippen LogP contribution in [0.4, 0.5) is 4.79 Å². The lowest BCUT2D eigenvalue weighted by atomic mass is 10.2. The van der Waals surface area contributed by atoms with Crippen LogP contribution in [-0.4, -0.2) is 60.2 Å². The molecule has 0 aliphatic carbocycles. The first-order valence-corrected chi connectivity index (χ1v) is 6.99. The number of thioether (sulfide) groups is 1.